The third-order valence-corrected chi connectivity index (χ3v) is 4.35. The van der Waals surface area contributed by atoms with E-state index in [1.807, 2.05) is 0 Å². The first-order chi connectivity index (χ1) is 18.2. The third-order valence-electron chi connectivity index (χ3n) is 4.35. The van der Waals surface area contributed by atoms with Crippen molar-refractivity contribution in [3.05, 3.63) is 0 Å². The molecule has 0 aromatic heterocycles. The molecule has 0 unspecified atom stereocenters. The monoisotopic (exact) mass is 737 g/mol. The predicted molar refractivity (Wildman–Crippen MR) is 102 cm³/mol. The molecule has 0 fully saturated rings. The van der Waals surface area contributed by atoms with Crippen LogP contribution < -0.4 is 91.2 Å². The quantitative estimate of drug-likeness (QED) is 0.0538. The largest absolute Gasteiger partial charge is 1.00 e. The fourth-order valence-corrected chi connectivity index (χ4v) is 3.04. The molecular formula is C16H44Cl5N5O16. The fraction of sp³-hybridized carbons (Fsp3) is 1.00. The number of halogens is 5. The Labute approximate surface area is 258 Å². The van der Waals surface area contributed by atoms with E-state index in [-0.39, 0.29) is 12.4 Å². The molecule has 0 aliphatic rings. The molecule has 264 valence electrons. The van der Waals surface area contributed by atoms with Crippen molar-refractivity contribution in [2.45, 2.75) is 51.4 Å². The van der Waals surface area contributed by atoms with Crippen molar-refractivity contribution in [3.8, 4) is 0 Å². The van der Waals surface area contributed by atoms with Crippen LogP contribution in [0.5, 0.6) is 0 Å². The lowest BCUT2D eigenvalue weighted by atomic mass is 10.1. The van der Waals surface area contributed by atoms with Crippen LogP contribution in [0.25, 0.3) is 0 Å². The first-order valence-corrected chi connectivity index (χ1v) is 16.5. The molecule has 0 amide bonds. The number of nitrogens with zero attached hydrogens (tertiary/aromatic N) is 1. The third kappa shape index (κ3) is 105. The van der Waals surface area contributed by atoms with Gasteiger partial charge in [0.25, 0.3) is 0 Å². The number of rotatable bonds is 16. The van der Waals surface area contributed by atoms with E-state index >= 15 is 0 Å². The number of unbranched alkanes of at least 4 members (excludes halogenated alkanes) is 4. The van der Waals surface area contributed by atoms with E-state index in [2.05, 4.69) is 0 Å². The molecule has 0 heterocycles. The van der Waals surface area contributed by atoms with Gasteiger partial charge in [-0.3, -0.25) is 0 Å². The van der Waals surface area contributed by atoms with Crippen molar-refractivity contribution in [2.24, 2.45) is 22.9 Å². The van der Waals surface area contributed by atoms with Gasteiger partial charge in [0, 0.05) is 0 Å². The molecule has 0 bridgehead atoms. The molecule has 0 aromatic carbocycles. The minimum Gasteiger partial charge on any atom is -1.00 e. The molecule has 0 spiro atoms. The van der Waals surface area contributed by atoms with Crippen molar-refractivity contribution < 1.29 is 132 Å². The summed E-state index contributed by atoms with van der Waals surface area (Å²) in [5.74, 6) is 0. The summed E-state index contributed by atoms with van der Waals surface area (Å²) in [7, 11) is -18.8. The van der Waals surface area contributed by atoms with Gasteiger partial charge in [-0.25, -0.2) is 0 Å². The van der Waals surface area contributed by atoms with Gasteiger partial charge in [-0.05, 0) is 77.5 Å². The van der Waals surface area contributed by atoms with E-state index in [1.54, 1.807) is 0 Å². The summed E-state index contributed by atoms with van der Waals surface area (Å²) in [5.41, 5.74) is 22.7. The highest BCUT2D eigenvalue weighted by Gasteiger charge is 2.25. The van der Waals surface area contributed by atoms with E-state index in [4.69, 9.17) is 97.5 Å². The summed E-state index contributed by atoms with van der Waals surface area (Å²) in [6.45, 7) is 8.19. The van der Waals surface area contributed by atoms with Crippen LogP contribution >= 0.6 is 0 Å². The lowest BCUT2D eigenvalue weighted by Gasteiger charge is -2.39. The lowest BCUT2D eigenvalue weighted by molar-refractivity contribution is -1.92. The highest BCUT2D eigenvalue weighted by atomic mass is 35.7. The summed E-state index contributed by atoms with van der Waals surface area (Å²) < 4.78 is 132. The molecule has 21 nitrogen and oxygen atoms in total. The zero-order valence-corrected chi connectivity index (χ0v) is 26.4. The van der Waals surface area contributed by atoms with Gasteiger partial charge in [-0.2, -0.15) is 55.9 Å². The fourth-order valence-electron chi connectivity index (χ4n) is 3.04. The Balaban J connectivity index is -0.000000125. The van der Waals surface area contributed by atoms with Crippen LogP contribution in [0.15, 0.2) is 0 Å². The lowest BCUT2D eigenvalue weighted by Crippen LogP contribution is -3.00. The molecule has 0 aliphatic heterocycles. The van der Waals surface area contributed by atoms with Crippen LogP contribution in [-0.4, -0.2) is 75.5 Å². The zero-order chi connectivity index (χ0) is 33.8. The van der Waals surface area contributed by atoms with Gasteiger partial charge in [-0.1, -0.05) is 0 Å². The van der Waals surface area contributed by atoms with Crippen LogP contribution in [0.3, 0.4) is 0 Å². The van der Waals surface area contributed by atoms with Gasteiger partial charge in [0.2, 0.25) is 0 Å². The maximum atomic E-state index is 8.60. The number of hydrogen-bond donors (Lipinski definition) is 8. The molecule has 42 heavy (non-hydrogen) atoms. The Bertz CT molecular complexity index is 426. The van der Waals surface area contributed by atoms with Crippen molar-refractivity contribution in [3.63, 3.8) is 0 Å². The van der Waals surface area contributed by atoms with Crippen molar-refractivity contribution in [1.82, 2.24) is 0 Å². The summed E-state index contributed by atoms with van der Waals surface area (Å²) in [6.07, 6.45) is 9.42. The second-order valence-electron chi connectivity index (χ2n) is 7.80. The Hall–Kier alpha value is 0.610. The average molecular weight is 740 g/mol. The van der Waals surface area contributed by atoms with E-state index in [1.165, 1.54) is 56.3 Å². The highest BCUT2D eigenvalue weighted by Crippen LogP contribution is 2.16. The molecule has 0 saturated carbocycles. The van der Waals surface area contributed by atoms with Gasteiger partial charge in [0.15, 0.2) is 0 Å². The van der Waals surface area contributed by atoms with Crippen molar-refractivity contribution >= 4 is 0 Å². The summed E-state index contributed by atoms with van der Waals surface area (Å²) in [5, 5.41) is 0. The van der Waals surface area contributed by atoms with Crippen LogP contribution in [0.2, 0.25) is 0 Å². The van der Waals surface area contributed by atoms with Gasteiger partial charge < -0.3 is 39.8 Å². The second kappa shape index (κ2) is 31.6. The van der Waals surface area contributed by atoms with Gasteiger partial charge in [-0.15, -0.1) is 0 Å². The Kier molecular flexibility index (Phi) is 41.4. The second-order valence-corrected chi connectivity index (χ2v) is 11.0. The first kappa shape index (κ1) is 55.0. The Morgan fingerprint density at radius 3 is 0.571 bits per heavy atom. The summed E-state index contributed by atoms with van der Waals surface area (Å²) in [4.78, 5) is 0. The van der Waals surface area contributed by atoms with Crippen molar-refractivity contribution in [2.75, 3.05) is 52.4 Å². The SMILES string of the molecule is NCCCC[N+](CCCCN)(CCCCN)CCCCN.[Cl-].[O-][Cl+3]([O-])([O-])O.[O-][Cl+3]([O-])([O-])O.[O-][Cl+3]([O-])([O-])O.[O-][Cl+3]([O-])([O-])O. The van der Waals surface area contributed by atoms with Crippen LogP contribution in [0, 0.1) is 41.0 Å². The van der Waals surface area contributed by atoms with Crippen LogP contribution in [0.4, 0.5) is 0 Å². The average Bonchev–Trinajstić information content (AvgIpc) is 2.70. The molecule has 0 rings (SSSR count). The topological polar surface area (TPSA) is 462 Å². The Morgan fingerprint density at radius 1 is 0.357 bits per heavy atom. The summed E-state index contributed by atoms with van der Waals surface area (Å²) in [6, 6.07) is 0. The normalized spacial score (nSPS) is 11.7. The highest BCUT2D eigenvalue weighted by molar-refractivity contribution is 4.53. The number of quaternary nitrogens is 1. The zero-order valence-electron chi connectivity index (χ0n) is 22.6. The number of nitrogens with two attached hydrogens (primary N) is 4. The van der Waals surface area contributed by atoms with Gasteiger partial charge in [0.05, 0.1) is 85.8 Å². The first-order valence-electron chi connectivity index (χ1n) is 11.4. The molecule has 0 aromatic rings. The van der Waals surface area contributed by atoms with Crippen LogP contribution in [0.1, 0.15) is 51.4 Å². The molecule has 0 atom stereocenters. The molecule has 26 heteroatoms. The number of hydrogen-bond acceptors (Lipinski definition) is 20. The van der Waals surface area contributed by atoms with Gasteiger partial charge >= 0.3 is 0 Å². The predicted octanol–water partition coefficient (Wildman–Crippen LogP) is -18.7. The van der Waals surface area contributed by atoms with E-state index in [0.717, 1.165) is 51.9 Å². The molecule has 0 saturated heterocycles. The van der Waals surface area contributed by atoms with E-state index in [9.17, 15) is 0 Å². The minimum absolute atomic E-state index is 0. The molecule has 0 radical (unpaired) electrons. The van der Waals surface area contributed by atoms with Crippen molar-refractivity contribution in [1.29, 1.82) is 0 Å². The maximum Gasteiger partial charge on any atom is 0.0787 e. The molecule has 12 N–H and O–H groups in total. The Morgan fingerprint density at radius 2 is 0.476 bits per heavy atom. The standard InChI is InChI=1S/C16H40N5.4ClHO4.ClH/c17-9-1-5-13-21(14-6-2-10-18,15-7-3-11-19)16-8-4-12-20;4*2-1(3,4)5;/h1-20H2;4*(H,2,3,4,5);1H/q+1;;;;;/p-1. The summed E-state index contributed by atoms with van der Waals surface area (Å²) >= 11 is 0. The van der Waals surface area contributed by atoms with Gasteiger partial charge in [0.1, 0.15) is 0 Å². The van der Waals surface area contributed by atoms with E-state index in [0.29, 0.717) is 0 Å². The smallest absolute Gasteiger partial charge is 0.0787 e. The van der Waals surface area contributed by atoms with Crippen LogP contribution in [-0.2, 0) is 0 Å². The molecule has 0 aliphatic carbocycles. The molecular weight excluding hydrogens is 695 g/mol. The maximum absolute atomic E-state index is 8.60. The van der Waals surface area contributed by atoms with E-state index < -0.39 is 41.0 Å². The minimum atomic E-state index is -4.69.